The van der Waals surface area contributed by atoms with Crippen molar-refractivity contribution in [2.24, 2.45) is 0 Å². The summed E-state index contributed by atoms with van der Waals surface area (Å²) in [6.07, 6.45) is 1.62. The van der Waals surface area contributed by atoms with Gasteiger partial charge in [0.1, 0.15) is 0 Å². The topological polar surface area (TPSA) is 38.1 Å². The lowest BCUT2D eigenvalue weighted by Crippen LogP contribution is -2.28. The summed E-state index contributed by atoms with van der Waals surface area (Å²) in [6.45, 7) is 5.11. The van der Waals surface area contributed by atoms with Crippen molar-refractivity contribution in [2.45, 2.75) is 26.9 Å². The average molecular weight is 292 g/mol. The van der Waals surface area contributed by atoms with E-state index in [0.29, 0.717) is 17.1 Å². The predicted molar refractivity (Wildman–Crippen MR) is 79.9 cm³/mol. The number of benzene rings is 1. The Morgan fingerprint density at radius 3 is 2.75 bits per heavy atom. The van der Waals surface area contributed by atoms with Crippen molar-refractivity contribution in [2.75, 3.05) is 7.05 Å². The van der Waals surface area contributed by atoms with Gasteiger partial charge in [-0.1, -0.05) is 29.8 Å². The second kappa shape index (κ2) is 6.09. The monoisotopic (exact) mass is 291 g/mol. The number of halogens is 1. The Kier molecular flexibility index (Phi) is 4.45. The number of carbonyl (C=O) groups excluding carboxylic acids is 1. The zero-order chi connectivity index (χ0) is 14.7. The molecular weight excluding hydrogens is 274 g/mol. The third kappa shape index (κ3) is 2.85. The highest BCUT2D eigenvalue weighted by molar-refractivity contribution is 6.31. The number of amides is 1. The summed E-state index contributed by atoms with van der Waals surface area (Å²) >= 11 is 6.13. The van der Waals surface area contributed by atoms with E-state index < -0.39 is 0 Å². The van der Waals surface area contributed by atoms with Crippen LogP contribution in [0.2, 0.25) is 5.02 Å². The molecular formula is C15H18ClN3O. The standard InChI is InChI=1S/C15H18ClN3O/c1-4-19-14(13(16)9-17-19)10-18(3)15(20)12-8-6-5-7-11(12)2/h5-9H,4,10H2,1-3H3. The van der Waals surface area contributed by atoms with Crippen LogP contribution in [0.4, 0.5) is 0 Å². The lowest BCUT2D eigenvalue weighted by atomic mass is 10.1. The lowest BCUT2D eigenvalue weighted by molar-refractivity contribution is 0.0781. The third-order valence-electron chi connectivity index (χ3n) is 3.31. The molecule has 0 bridgehead atoms. The van der Waals surface area contributed by atoms with Crippen LogP contribution in [0.25, 0.3) is 0 Å². The van der Waals surface area contributed by atoms with Crippen molar-refractivity contribution in [3.63, 3.8) is 0 Å². The summed E-state index contributed by atoms with van der Waals surface area (Å²) in [5.74, 6) is -0.0111. The second-order valence-electron chi connectivity index (χ2n) is 4.73. The Morgan fingerprint density at radius 2 is 2.10 bits per heavy atom. The molecule has 2 rings (SSSR count). The van der Waals surface area contributed by atoms with Gasteiger partial charge in [-0.05, 0) is 25.5 Å². The van der Waals surface area contributed by atoms with Crippen LogP contribution in [0.5, 0.6) is 0 Å². The first kappa shape index (κ1) is 14.6. The van der Waals surface area contributed by atoms with Crippen molar-refractivity contribution >= 4 is 17.5 Å². The van der Waals surface area contributed by atoms with Crippen molar-refractivity contribution in [1.29, 1.82) is 0 Å². The van der Waals surface area contributed by atoms with E-state index in [1.54, 1.807) is 18.1 Å². The van der Waals surface area contributed by atoms with Crippen LogP contribution >= 0.6 is 11.6 Å². The first-order valence-corrected chi connectivity index (χ1v) is 6.93. The quantitative estimate of drug-likeness (QED) is 0.868. The van der Waals surface area contributed by atoms with Crippen molar-refractivity contribution < 1.29 is 4.79 Å². The maximum absolute atomic E-state index is 12.5. The second-order valence-corrected chi connectivity index (χ2v) is 5.14. The van der Waals surface area contributed by atoms with Crippen molar-refractivity contribution in [3.8, 4) is 0 Å². The van der Waals surface area contributed by atoms with Gasteiger partial charge in [-0.2, -0.15) is 5.10 Å². The number of aryl methyl sites for hydroxylation is 2. The summed E-state index contributed by atoms with van der Waals surface area (Å²) in [4.78, 5) is 14.1. The van der Waals surface area contributed by atoms with Gasteiger partial charge in [0.2, 0.25) is 0 Å². The summed E-state index contributed by atoms with van der Waals surface area (Å²) in [5, 5.41) is 4.78. The minimum atomic E-state index is -0.0111. The number of aromatic nitrogens is 2. The maximum Gasteiger partial charge on any atom is 0.254 e. The highest BCUT2D eigenvalue weighted by Crippen LogP contribution is 2.18. The van der Waals surface area contributed by atoms with Crippen LogP contribution in [0.3, 0.4) is 0 Å². The van der Waals surface area contributed by atoms with Crippen LogP contribution in [-0.2, 0) is 13.1 Å². The Labute approximate surface area is 124 Å². The number of nitrogens with zero attached hydrogens (tertiary/aromatic N) is 3. The normalized spacial score (nSPS) is 10.6. The molecule has 0 fully saturated rings. The van der Waals surface area contributed by atoms with E-state index in [0.717, 1.165) is 17.8 Å². The Bertz CT molecular complexity index is 621. The van der Waals surface area contributed by atoms with Gasteiger partial charge in [0, 0.05) is 19.2 Å². The first-order valence-electron chi connectivity index (χ1n) is 6.55. The SMILES string of the molecule is CCn1ncc(Cl)c1CN(C)C(=O)c1ccccc1C. The lowest BCUT2D eigenvalue weighted by Gasteiger charge is -2.19. The Morgan fingerprint density at radius 1 is 1.40 bits per heavy atom. The molecule has 1 aromatic carbocycles. The molecule has 0 saturated carbocycles. The van der Waals surface area contributed by atoms with Crippen LogP contribution in [0, 0.1) is 6.92 Å². The fourth-order valence-electron chi connectivity index (χ4n) is 2.13. The van der Waals surface area contributed by atoms with Crippen LogP contribution in [-0.4, -0.2) is 27.6 Å². The molecule has 20 heavy (non-hydrogen) atoms. The van der Waals surface area contributed by atoms with Crippen LogP contribution < -0.4 is 0 Å². The third-order valence-corrected chi connectivity index (χ3v) is 3.62. The summed E-state index contributed by atoms with van der Waals surface area (Å²) in [7, 11) is 1.78. The van der Waals surface area contributed by atoms with Crippen LogP contribution in [0.1, 0.15) is 28.5 Å². The fourth-order valence-corrected chi connectivity index (χ4v) is 2.33. The van der Waals surface area contributed by atoms with Gasteiger partial charge in [0.05, 0.1) is 23.5 Å². The molecule has 0 N–H and O–H groups in total. The molecule has 0 saturated heterocycles. The number of hydrogen-bond donors (Lipinski definition) is 0. The minimum absolute atomic E-state index is 0.0111. The number of carbonyl (C=O) groups is 1. The Balaban J connectivity index is 2.20. The molecule has 0 spiro atoms. The van der Waals surface area contributed by atoms with E-state index in [2.05, 4.69) is 5.10 Å². The average Bonchev–Trinajstić information content (AvgIpc) is 2.79. The molecule has 0 aliphatic heterocycles. The molecule has 1 heterocycles. The summed E-state index contributed by atoms with van der Waals surface area (Å²) in [6, 6.07) is 7.57. The molecule has 1 aromatic heterocycles. The van der Waals surface area contributed by atoms with E-state index in [9.17, 15) is 4.79 Å². The zero-order valence-corrected chi connectivity index (χ0v) is 12.7. The predicted octanol–water partition coefficient (Wildman–Crippen LogP) is 3.14. The smallest absolute Gasteiger partial charge is 0.254 e. The summed E-state index contributed by atoms with van der Waals surface area (Å²) < 4.78 is 1.81. The fraction of sp³-hybridized carbons (Fsp3) is 0.333. The van der Waals surface area contributed by atoms with E-state index >= 15 is 0 Å². The number of rotatable bonds is 4. The van der Waals surface area contributed by atoms with E-state index in [4.69, 9.17) is 11.6 Å². The molecule has 0 unspecified atom stereocenters. The zero-order valence-electron chi connectivity index (χ0n) is 11.9. The first-order chi connectivity index (χ1) is 9.54. The van der Waals surface area contributed by atoms with Gasteiger partial charge in [-0.15, -0.1) is 0 Å². The summed E-state index contributed by atoms with van der Waals surface area (Å²) in [5.41, 5.74) is 2.55. The van der Waals surface area contributed by atoms with E-state index in [1.807, 2.05) is 42.8 Å². The van der Waals surface area contributed by atoms with Gasteiger partial charge in [0.25, 0.3) is 5.91 Å². The largest absolute Gasteiger partial charge is 0.336 e. The van der Waals surface area contributed by atoms with Gasteiger partial charge < -0.3 is 4.90 Å². The van der Waals surface area contributed by atoms with Gasteiger partial charge >= 0.3 is 0 Å². The van der Waals surface area contributed by atoms with E-state index in [1.165, 1.54) is 0 Å². The highest BCUT2D eigenvalue weighted by atomic mass is 35.5. The Hall–Kier alpha value is -1.81. The minimum Gasteiger partial charge on any atom is -0.336 e. The molecule has 106 valence electrons. The molecule has 0 aliphatic rings. The van der Waals surface area contributed by atoms with Gasteiger partial charge in [-0.25, -0.2) is 0 Å². The van der Waals surface area contributed by atoms with Crippen molar-refractivity contribution in [3.05, 3.63) is 52.3 Å². The van der Waals surface area contributed by atoms with Gasteiger partial charge in [-0.3, -0.25) is 9.48 Å². The van der Waals surface area contributed by atoms with Crippen LogP contribution in [0.15, 0.2) is 30.5 Å². The van der Waals surface area contributed by atoms with Gasteiger partial charge in [0.15, 0.2) is 0 Å². The molecule has 5 heteroatoms. The molecule has 0 atom stereocenters. The molecule has 0 aliphatic carbocycles. The van der Waals surface area contributed by atoms with Crippen molar-refractivity contribution in [1.82, 2.24) is 14.7 Å². The molecule has 1 amide bonds. The highest BCUT2D eigenvalue weighted by Gasteiger charge is 2.17. The molecule has 2 aromatic rings. The van der Waals surface area contributed by atoms with E-state index in [-0.39, 0.29) is 5.91 Å². The maximum atomic E-state index is 12.5. The molecule has 4 nitrogen and oxygen atoms in total. The molecule has 0 radical (unpaired) electrons. The number of hydrogen-bond acceptors (Lipinski definition) is 2.